The smallest absolute Gasteiger partial charge is 0.512 e. The van der Waals surface area contributed by atoms with Gasteiger partial charge in [0.2, 0.25) is 0 Å². The molecule has 8 heteroatoms. The first kappa shape index (κ1) is 15.4. The van der Waals surface area contributed by atoms with Crippen molar-refractivity contribution in [2.24, 2.45) is 5.16 Å². The predicted octanol–water partition coefficient (Wildman–Crippen LogP) is 3.03. The maximum Gasteiger partial charge on any atom is 0.512 e. The van der Waals surface area contributed by atoms with Crippen molar-refractivity contribution < 1.29 is 14.3 Å². The van der Waals surface area contributed by atoms with Gasteiger partial charge in [0.25, 0.3) is 5.69 Å². The summed E-state index contributed by atoms with van der Waals surface area (Å²) in [4.78, 5) is 12.5. The van der Waals surface area contributed by atoms with Crippen LogP contribution in [0.15, 0.2) is 84.0 Å². The van der Waals surface area contributed by atoms with Crippen LogP contribution >= 0.6 is 0 Å². The second kappa shape index (κ2) is 5.60. The fraction of sp³-hybridized carbons (Fsp3) is 0. The fourth-order valence-corrected chi connectivity index (χ4v) is 3.57. The average molecular weight is 358 g/mol. The molecule has 2 heterocycles. The van der Waals surface area contributed by atoms with Gasteiger partial charge in [-0.2, -0.15) is 0 Å². The Morgan fingerprint density at radius 3 is 2.37 bits per heavy atom. The maximum atomic E-state index is 11.0. The minimum Gasteiger partial charge on any atom is -0.659 e. The molecule has 0 aliphatic carbocycles. The second-order valence-corrected chi connectivity index (χ2v) is 6.36. The standard InChI is InChI=1S/C19H13BN3O4/c24-23(25)16-12-10-15(11-13-16)20-22(17-8-4-5-9-18(17)26-20)19(21-27-20)14-6-2-1-3-7-14/h1-13H/q-1. The fourth-order valence-electron chi connectivity index (χ4n) is 3.57. The van der Waals surface area contributed by atoms with E-state index in [1.54, 1.807) is 12.1 Å². The lowest BCUT2D eigenvalue weighted by Crippen LogP contribution is -2.64. The quantitative estimate of drug-likeness (QED) is 0.409. The first-order chi connectivity index (χ1) is 13.2. The van der Waals surface area contributed by atoms with Crippen LogP contribution in [0.4, 0.5) is 11.4 Å². The third-order valence-electron chi connectivity index (χ3n) is 4.82. The highest BCUT2D eigenvalue weighted by atomic mass is 16.7. The van der Waals surface area contributed by atoms with Gasteiger partial charge < -0.3 is 14.2 Å². The zero-order valence-corrected chi connectivity index (χ0v) is 14.1. The largest absolute Gasteiger partial charge is 0.659 e. The second-order valence-electron chi connectivity index (χ2n) is 6.36. The molecule has 0 fully saturated rings. The van der Waals surface area contributed by atoms with Gasteiger partial charge in [-0.25, -0.2) is 0 Å². The molecule has 3 aromatic rings. The van der Waals surface area contributed by atoms with Crippen LogP contribution in [-0.2, 0) is 4.76 Å². The van der Waals surface area contributed by atoms with Crippen molar-refractivity contribution in [3.8, 4) is 5.75 Å². The first-order valence-electron chi connectivity index (χ1n) is 8.47. The summed E-state index contributed by atoms with van der Waals surface area (Å²) in [7, 11) is 0. The number of oxime groups is 1. The number of anilines is 1. The summed E-state index contributed by atoms with van der Waals surface area (Å²) in [6, 6.07) is 23.5. The Morgan fingerprint density at radius 1 is 0.926 bits per heavy atom. The summed E-state index contributed by atoms with van der Waals surface area (Å²) in [5.41, 5.74) is 2.42. The van der Waals surface area contributed by atoms with Gasteiger partial charge in [-0.05, 0) is 12.1 Å². The van der Waals surface area contributed by atoms with Crippen molar-refractivity contribution >= 4 is 29.4 Å². The minimum atomic E-state index is -2.16. The molecule has 5 rings (SSSR count). The van der Waals surface area contributed by atoms with E-state index in [1.165, 1.54) is 12.1 Å². The molecule has 1 atom stereocenters. The van der Waals surface area contributed by atoms with Crippen LogP contribution in [0.3, 0.4) is 0 Å². The summed E-state index contributed by atoms with van der Waals surface area (Å²) in [5.74, 6) is 1.32. The van der Waals surface area contributed by atoms with E-state index in [0.717, 1.165) is 11.3 Å². The van der Waals surface area contributed by atoms with Crippen molar-refractivity contribution in [1.82, 2.24) is 0 Å². The third kappa shape index (κ3) is 2.20. The van der Waals surface area contributed by atoms with Gasteiger partial charge in [0.1, 0.15) is 5.84 Å². The lowest BCUT2D eigenvalue weighted by molar-refractivity contribution is -0.384. The molecule has 0 bridgehead atoms. The molecule has 0 saturated heterocycles. The zero-order chi connectivity index (χ0) is 18.4. The van der Waals surface area contributed by atoms with Crippen LogP contribution in [-0.4, -0.2) is 17.4 Å². The molecule has 132 valence electrons. The molecule has 7 nitrogen and oxygen atoms in total. The average Bonchev–Trinajstić information content (AvgIpc) is 3.24. The molecule has 0 aromatic heterocycles. The normalized spacial score (nSPS) is 19.6. The van der Waals surface area contributed by atoms with Gasteiger partial charge in [-0.3, -0.25) is 10.1 Å². The lowest BCUT2D eigenvalue weighted by Gasteiger charge is -2.37. The van der Waals surface area contributed by atoms with Gasteiger partial charge in [0, 0.05) is 23.4 Å². The Labute approximate surface area is 154 Å². The van der Waals surface area contributed by atoms with Crippen molar-refractivity contribution in [3.63, 3.8) is 0 Å². The summed E-state index contributed by atoms with van der Waals surface area (Å²) >= 11 is 0. The van der Waals surface area contributed by atoms with Crippen molar-refractivity contribution in [2.75, 3.05) is 4.81 Å². The Bertz CT molecular complexity index is 1070. The number of amidine groups is 1. The van der Waals surface area contributed by atoms with E-state index in [1.807, 2.05) is 59.4 Å². The van der Waals surface area contributed by atoms with E-state index >= 15 is 0 Å². The molecule has 3 aromatic carbocycles. The molecule has 27 heavy (non-hydrogen) atoms. The predicted molar refractivity (Wildman–Crippen MR) is 102 cm³/mol. The SMILES string of the molecule is O=[N+]([O-])c1ccc([B-]23ON=C(c4ccccc4)N2c2ccccc2O3)cc1. The number of hydrogen-bond donors (Lipinski definition) is 0. The van der Waals surface area contributed by atoms with Crippen LogP contribution < -0.4 is 14.9 Å². The highest BCUT2D eigenvalue weighted by molar-refractivity contribution is 6.90. The number of para-hydroxylation sites is 2. The number of nitro benzene ring substituents is 1. The van der Waals surface area contributed by atoms with Crippen molar-refractivity contribution in [1.29, 1.82) is 0 Å². The molecule has 2 aliphatic rings. The summed E-state index contributed by atoms with van der Waals surface area (Å²) in [6.45, 7) is -2.16. The van der Waals surface area contributed by atoms with E-state index in [2.05, 4.69) is 5.16 Å². The summed E-state index contributed by atoms with van der Waals surface area (Å²) < 4.78 is 12.1. The van der Waals surface area contributed by atoms with Crippen molar-refractivity contribution in [2.45, 2.75) is 0 Å². The number of nitrogens with zero attached hydrogens (tertiary/aromatic N) is 3. The topological polar surface area (TPSA) is 77.2 Å². The molecule has 0 radical (unpaired) electrons. The Hall–Kier alpha value is -3.81. The number of hydrogen-bond acceptors (Lipinski definition) is 6. The van der Waals surface area contributed by atoms with Gasteiger partial charge >= 0.3 is 6.69 Å². The molecule has 0 N–H and O–H groups in total. The summed E-state index contributed by atoms with van der Waals surface area (Å²) in [5, 5.41) is 15.3. The van der Waals surface area contributed by atoms with E-state index in [0.29, 0.717) is 17.0 Å². The van der Waals surface area contributed by atoms with E-state index in [9.17, 15) is 10.1 Å². The van der Waals surface area contributed by atoms with Crippen LogP contribution in [0.5, 0.6) is 5.75 Å². The highest BCUT2D eigenvalue weighted by Crippen LogP contribution is 2.44. The van der Waals surface area contributed by atoms with Crippen LogP contribution in [0.25, 0.3) is 0 Å². The molecule has 1 unspecified atom stereocenters. The number of fused-ring (bicyclic) bond motifs is 3. The van der Waals surface area contributed by atoms with Gasteiger partial charge in [0.15, 0.2) is 0 Å². The van der Waals surface area contributed by atoms with Crippen LogP contribution in [0.1, 0.15) is 5.56 Å². The Kier molecular flexibility index (Phi) is 3.20. The highest BCUT2D eigenvalue weighted by Gasteiger charge is 2.52. The van der Waals surface area contributed by atoms with Crippen molar-refractivity contribution in [3.05, 3.63) is 94.5 Å². The van der Waals surface area contributed by atoms with E-state index in [-0.39, 0.29) is 5.69 Å². The first-order valence-corrected chi connectivity index (χ1v) is 8.47. The number of nitro groups is 1. The molecule has 0 saturated carbocycles. The number of benzene rings is 3. The van der Waals surface area contributed by atoms with Crippen LogP contribution in [0.2, 0.25) is 0 Å². The maximum absolute atomic E-state index is 11.0. The summed E-state index contributed by atoms with van der Waals surface area (Å²) in [6.07, 6.45) is 0. The zero-order valence-electron chi connectivity index (χ0n) is 14.1. The van der Waals surface area contributed by atoms with Gasteiger partial charge in [-0.1, -0.05) is 60.1 Å². The molecular weight excluding hydrogens is 345 g/mol. The minimum absolute atomic E-state index is 0.00945. The number of non-ortho nitro benzene ring substituents is 1. The molecule has 0 amide bonds. The monoisotopic (exact) mass is 358 g/mol. The number of rotatable bonds is 3. The Balaban J connectivity index is 1.65. The van der Waals surface area contributed by atoms with E-state index in [4.69, 9.17) is 9.41 Å². The molecule has 2 aliphatic heterocycles. The van der Waals surface area contributed by atoms with Crippen LogP contribution in [0, 0.1) is 10.1 Å². The van der Waals surface area contributed by atoms with E-state index < -0.39 is 11.6 Å². The van der Waals surface area contributed by atoms with Gasteiger partial charge in [0.05, 0.1) is 10.7 Å². The lowest BCUT2D eigenvalue weighted by atomic mass is 9.62. The molecule has 0 spiro atoms. The molecular formula is C19H13BN3O4-. The Morgan fingerprint density at radius 2 is 1.63 bits per heavy atom. The third-order valence-corrected chi connectivity index (χ3v) is 4.82. The van der Waals surface area contributed by atoms with Gasteiger partial charge in [-0.15, -0.1) is 5.16 Å².